The maximum absolute atomic E-state index is 12.8. The van der Waals surface area contributed by atoms with E-state index in [0.717, 1.165) is 12.8 Å². The van der Waals surface area contributed by atoms with E-state index in [1.54, 1.807) is 12.1 Å². The van der Waals surface area contributed by atoms with Crippen LogP contribution in [-0.4, -0.2) is 9.97 Å². The lowest BCUT2D eigenvalue weighted by molar-refractivity contribution is 0.573. The molecule has 1 saturated carbocycles. The van der Waals surface area contributed by atoms with Crippen LogP contribution < -0.4 is 5.73 Å². The van der Waals surface area contributed by atoms with Gasteiger partial charge in [0.2, 0.25) is 5.95 Å². The zero-order chi connectivity index (χ0) is 9.47. The second kappa shape index (κ2) is 2.73. The van der Waals surface area contributed by atoms with E-state index in [4.69, 9.17) is 18.0 Å². The van der Waals surface area contributed by atoms with Crippen LogP contribution >= 0.6 is 12.2 Å². The average Bonchev–Trinajstić information content (AvgIpc) is 2.83. The molecule has 0 radical (unpaired) electrons. The van der Waals surface area contributed by atoms with Crippen LogP contribution in [0.1, 0.15) is 18.5 Å². The number of thiocarbonyl (C=S) groups is 1. The van der Waals surface area contributed by atoms with E-state index in [9.17, 15) is 4.39 Å². The van der Waals surface area contributed by atoms with Crippen LogP contribution in [-0.2, 0) is 5.41 Å². The zero-order valence-electron chi connectivity index (χ0n) is 6.96. The molecule has 1 heterocycles. The van der Waals surface area contributed by atoms with Gasteiger partial charge in [-0.1, -0.05) is 18.3 Å². The molecular formula is C9H9FN2S. The number of halogens is 1. The molecule has 68 valence electrons. The van der Waals surface area contributed by atoms with Gasteiger partial charge in [-0.3, -0.25) is 0 Å². The second-order valence-electron chi connectivity index (χ2n) is 3.29. The zero-order valence-corrected chi connectivity index (χ0v) is 7.77. The highest BCUT2D eigenvalue weighted by molar-refractivity contribution is 7.80. The van der Waals surface area contributed by atoms with Gasteiger partial charge in [0, 0.05) is 0 Å². The molecule has 0 aromatic carbocycles. The average molecular weight is 196 g/mol. The van der Waals surface area contributed by atoms with Crippen molar-refractivity contribution in [2.24, 2.45) is 5.73 Å². The van der Waals surface area contributed by atoms with Crippen molar-refractivity contribution in [3.05, 3.63) is 29.8 Å². The van der Waals surface area contributed by atoms with Crippen LogP contribution in [0.4, 0.5) is 4.39 Å². The molecule has 0 amide bonds. The number of hydrogen-bond donors (Lipinski definition) is 1. The summed E-state index contributed by atoms with van der Waals surface area (Å²) in [7, 11) is 0. The summed E-state index contributed by atoms with van der Waals surface area (Å²) >= 11 is 4.93. The van der Waals surface area contributed by atoms with E-state index in [1.165, 1.54) is 6.07 Å². The Morgan fingerprint density at radius 2 is 2.23 bits per heavy atom. The predicted octanol–water partition coefficient (Wildman–Crippen LogP) is 1.54. The van der Waals surface area contributed by atoms with Gasteiger partial charge in [-0.2, -0.15) is 4.39 Å². The molecule has 0 atom stereocenters. The van der Waals surface area contributed by atoms with Gasteiger partial charge in [0.1, 0.15) is 0 Å². The summed E-state index contributed by atoms with van der Waals surface area (Å²) in [6.07, 6.45) is 1.78. The molecule has 0 spiro atoms. The van der Waals surface area contributed by atoms with Crippen LogP contribution in [0.25, 0.3) is 0 Å². The van der Waals surface area contributed by atoms with Gasteiger partial charge in [0.05, 0.1) is 16.1 Å². The highest BCUT2D eigenvalue weighted by atomic mass is 32.1. The fraction of sp³-hybridized carbons (Fsp3) is 0.333. The predicted molar refractivity (Wildman–Crippen MR) is 51.9 cm³/mol. The first-order valence-electron chi connectivity index (χ1n) is 4.08. The number of nitrogens with zero attached hydrogens (tertiary/aromatic N) is 1. The summed E-state index contributed by atoms with van der Waals surface area (Å²) in [5.41, 5.74) is 5.94. The first-order chi connectivity index (χ1) is 6.15. The van der Waals surface area contributed by atoms with Crippen molar-refractivity contribution in [3.63, 3.8) is 0 Å². The maximum Gasteiger partial charge on any atom is 0.213 e. The normalized spacial score (nSPS) is 18.2. The van der Waals surface area contributed by atoms with Crippen LogP contribution in [0.5, 0.6) is 0 Å². The minimum Gasteiger partial charge on any atom is -0.393 e. The number of pyridine rings is 1. The molecule has 1 aliphatic carbocycles. The Kier molecular flexibility index (Phi) is 1.80. The van der Waals surface area contributed by atoms with Crippen LogP contribution in [0, 0.1) is 5.95 Å². The van der Waals surface area contributed by atoms with Gasteiger partial charge in [-0.05, 0) is 25.0 Å². The molecule has 0 saturated heterocycles. The van der Waals surface area contributed by atoms with Gasteiger partial charge in [-0.15, -0.1) is 0 Å². The van der Waals surface area contributed by atoms with Crippen molar-refractivity contribution in [1.29, 1.82) is 0 Å². The minimum absolute atomic E-state index is 0.308. The van der Waals surface area contributed by atoms with E-state index in [0.29, 0.717) is 10.7 Å². The van der Waals surface area contributed by atoms with Crippen LogP contribution in [0.15, 0.2) is 18.2 Å². The molecule has 1 aromatic rings. The van der Waals surface area contributed by atoms with Crippen molar-refractivity contribution in [2.45, 2.75) is 18.3 Å². The molecular weight excluding hydrogens is 187 g/mol. The Balaban J connectivity index is 2.41. The van der Waals surface area contributed by atoms with Crippen molar-refractivity contribution in [3.8, 4) is 0 Å². The van der Waals surface area contributed by atoms with Gasteiger partial charge in [0.25, 0.3) is 0 Å². The van der Waals surface area contributed by atoms with E-state index in [2.05, 4.69) is 4.98 Å². The fourth-order valence-electron chi connectivity index (χ4n) is 1.43. The first-order valence-corrected chi connectivity index (χ1v) is 4.49. The summed E-state index contributed by atoms with van der Waals surface area (Å²) in [5.74, 6) is -0.472. The fourth-order valence-corrected chi connectivity index (χ4v) is 1.74. The summed E-state index contributed by atoms with van der Waals surface area (Å²) in [4.78, 5) is 4.22. The highest BCUT2D eigenvalue weighted by Crippen LogP contribution is 2.47. The summed E-state index contributed by atoms with van der Waals surface area (Å²) in [6, 6.07) is 4.73. The van der Waals surface area contributed by atoms with Gasteiger partial charge < -0.3 is 5.73 Å². The Labute approximate surface area is 81.0 Å². The third kappa shape index (κ3) is 1.31. The van der Waals surface area contributed by atoms with E-state index >= 15 is 0 Å². The molecule has 2 N–H and O–H groups in total. The van der Waals surface area contributed by atoms with Crippen LogP contribution in [0.2, 0.25) is 0 Å². The van der Waals surface area contributed by atoms with Crippen molar-refractivity contribution in [1.82, 2.24) is 4.98 Å². The van der Waals surface area contributed by atoms with Gasteiger partial charge in [0.15, 0.2) is 0 Å². The molecule has 2 rings (SSSR count). The number of rotatable bonds is 2. The molecule has 1 fully saturated rings. The molecule has 0 aliphatic heterocycles. The Morgan fingerprint density at radius 1 is 1.54 bits per heavy atom. The standard InChI is InChI=1S/C9H9FN2S/c10-7-3-1-2-6(12-7)9(4-5-9)8(11)13/h1-3H,4-5H2,(H2,11,13). The summed E-state index contributed by atoms with van der Waals surface area (Å²) < 4.78 is 12.8. The first kappa shape index (κ1) is 8.56. The number of hydrogen-bond acceptors (Lipinski definition) is 2. The maximum atomic E-state index is 12.8. The highest BCUT2D eigenvalue weighted by Gasteiger charge is 2.48. The van der Waals surface area contributed by atoms with E-state index in [-0.39, 0.29) is 5.41 Å². The third-order valence-electron chi connectivity index (χ3n) is 2.43. The molecule has 1 aromatic heterocycles. The van der Waals surface area contributed by atoms with E-state index in [1.807, 2.05) is 0 Å². The molecule has 0 bridgehead atoms. The number of aromatic nitrogens is 1. The smallest absolute Gasteiger partial charge is 0.213 e. The molecule has 13 heavy (non-hydrogen) atoms. The molecule has 4 heteroatoms. The summed E-state index contributed by atoms with van der Waals surface area (Å²) in [6.45, 7) is 0. The van der Waals surface area contributed by atoms with Crippen LogP contribution in [0.3, 0.4) is 0 Å². The monoisotopic (exact) mass is 196 g/mol. The lowest BCUT2D eigenvalue weighted by atomic mass is 10.0. The van der Waals surface area contributed by atoms with Gasteiger partial charge >= 0.3 is 0 Å². The van der Waals surface area contributed by atoms with E-state index < -0.39 is 5.95 Å². The summed E-state index contributed by atoms with van der Waals surface area (Å²) in [5, 5.41) is 0. The Bertz CT molecular complexity index is 360. The third-order valence-corrected chi connectivity index (χ3v) is 2.82. The number of nitrogens with two attached hydrogens (primary N) is 1. The quantitative estimate of drug-likeness (QED) is 0.576. The molecule has 2 nitrogen and oxygen atoms in total. The second-order valence-corrected chi connectivity index (χ2v) is 3.73. The Hall–Kier alpha value is -1.03. The lowest BCUT2D eigenvalue weighted by Crippen LogP contribution is -2.27. The van der Waals surface area contributed by atoms with Crippen molar-refractivity contribution < 1.29 is 4.39 Å². The molecule has 1 aliphatic rings. The minimum atomic E-state index is -0.472. The SMILES string of the molecule is NC(=S)C1(c2cccc(F)n2)CC1. The topological polar surface area (TPSA) is 38.9 Å². The lowest BCUT2D eigenvalue weighted by Gasteiger charge is -2.11. The van der Waals surface area contributed by atoms with Gasteiger partial charge in [-0.25, -0.2) is 4.98 Å². The largest absolute Gasteiger partial charge is 0.393 e. The Morgan fingerprint density at radius 3 is 2.69 bits per heavy atom. The molecule has 0 unspecified atom stereocenters. The van der Waals surface area contributed by atoms with Crippen molar-refractivity contribution >= 4 is 17.2 Å². The van der Waals surface area contributed by atoms with Crippen molar-refractivity contribution in [2.75, 3.05) is 0 Å².